The standard InChI is InChI=1S/C36H62O3.C23H40NO3.C14H18O4.C13H18O3/c1-12-28(6)37-31(9)32(10)38-34-24-33-21-23-36(11,39-35(33)30(8)29(34)7)22-15-20-27(5)19-14-18-26(4)17-13-16-25(2)3;1-6-23(27-18-16-24(3,4)5)14-10-11-21(2)26-20-19-25-17-15-22-12-8-7-9-13-22;1-4-11(2)17-7-8-18-13-6-5-12(10-15)9-14(13)16-3;1-4-11(2)15-9-10-16-13-7-5-12(14-3)6-8-13/h24-28H,12-23H2,1-11H3;7-9,12-13,19-21,23H,6,10-11,14-18H2,1-5H3;5-11H,4H2,1-3H3;5-11H,4H2,1-3H3/q;+1;;/b32-31-;20-19-;8-7-;10-9-/t26-,27-,28?,36+;;;/m0.../s1. The van der Waals surface area contributed by atoms with Crippen LogP contribution in [0.15, 0.2) is 128 Å². The summed E-state index contributed by atoms with van der Waals surface area (Å²) in [4.78, 5) is 10.6. The summed E-state index contributed by atoms with van der Waals surface area (Å²) in [5.74, 6) is 8.83. The van der Waals surface area contributed by atoms with Crippen molar-refractivity contribution in [2.75, 3.05) is 55.1 Å². The number of rotatable bonds is 45. The van der Waals surface area contributed by atoms with Crippen LogP contribution < -0.4 is 28.4 Å². The summed E-state index contributed by atoms with van der Waals surface area (Å²) in [6.07, 6.45) is 33.5. The van der Waals surface area contributed by atoms with E-state index in [1.54, 1.807) is 44.1 Å². The first-order chi connectivity index (χ1) is 47.7. The van der Waals surface area contributed by atoms with E-state index in [0.29, 0.717) is 29.8 Å². The van der Waals surface area contributed by atoms with Gasteiger partial charge in [0.25, 0.3) is 0 Å². The topological polar surface area (TPSA) is 128 Å². The number of aryl methyl sites for hydroxylation is 1. The summed E-state index contributed by atoms with van der Waals surface area (Å²) in [7, 11) is 9.75. The molecule has 100 heavy (non-hydrogen) atoms. The molecule has 8 atom stereocenters. The molecule has 4 aromatic rings. The maximum atomic E-state index is 10.6. The Balaban J connectivity index is 0.000000483. The lowest BCUT2D eigenvalue weighted by atomic mass is 9.85. The molecule has 0 N–H and O–H groups in total. The summed E-state index contributed by atoms with van der Waals surface area (Å²) >= 11 is 0. The van der Waals surface area contributed by atoms with Crippen molar-refractivity contribution in [2.24, 2.45) is 17.8 Å². The molecule has 0 fully saturated rings. The lowest BCUT2D eigenvalue weighted by Crippen LogP contribution is -2.38. The number of nitrogens with zero attached hydrogens (tertiary/aromatic N) is 1. The van der Waals surface area contributed by atoms with E-state index in [2.05, 4.69) is 122 Å². The minimum absolute atomic E-state index is 0.0756. The number of fused-ring (bicyclic) bond motifs is 1. The van der Waals surface area contributed by atoms with Crippen LogP contribution in [0.2, 0.25) is 0 Å². The van der Waals surface area contributed by atoms with Crippen LogP contribution in [0.25, 0.3) is 0 Å². The largest absolute Gasteiger partial charge is 0.498 e. The van der Waals surface area contributed by atoms with Gasteiger partial charge in [-0.15, -0.1) is 0 Å². The van der Waals surface area contributed by atoms with Crippen molar-refractivity contribution in [1.29, 1.82) is 0 Å². The molecule has 0 amide bonds. The zero-order valence-corrected chi connectivity index (χ0v) is 66.5. The van der Waals surface area contributed by atoms with E-state index in [1.807, 2.05) is 77.1 Å². The zero-order chi connectivity index (χ0) is 74.3. The number of carbonyl (C=O) groups is 1. The SMILES string of the molecule is CCC(C)O/C(C)=C(/C)Oc1cc2c(c(C)c1C)O[C@](C)(CCC[C@@H](C)CCC[C@@H](C)CCCC(C)C)CC2.CCC(C)O/C=C\Oc1ccc(C=O)cc1OC.CCC(C)O/C=C\Oc1ccc(OC)cc1.CCC(CCCC(C)O/C=C\OCCc1ccccc1)OCC[N+](C)(C)C. The van der Waals surface area contributed by atoms with Crippen LogP contribution in [0.3, 0.4) is 0 Å². The first kappa shape index (κ1) is 89.3. The Bertz CT molecular complexity index is 2900. The second-order valence-electron chi connectivity index (χ2n) is 28.9. The van der Waals surface area contributed by atoms with Gasteiger partial charge in [0.2, 0.25) is 0 Å². The quantitative estimate of drug-likeness (QED) is 0.0180. The number of methoxy groups -OCH3 is 2. The van der Waals surface area contributed by atoms with Gasteiger partial charge in [0.1, 0.15) is 90.5 Å². The van der Waals surface area contributed by atoms with Gasteiger partial charge in [0.15, 0.2) is 11.5 Å². The lowest BCUT2D eigenvalue weighted by molar-refractivity contribution is -0.870. The molecule has 5 rings (SSSR count). The molecular weight excluding hydrogens is 1250 g/mol. The van der Waals surface area contributed by atoms with Gasteiger partial charge in [-0.25, -0.2) is 0 Å². The molecule has 0 spiro atoms. The highest BCUT2D eigenvalue weighted by molar-refractivity contribution is 5.76. The van der Waals surface area contributed by atoms with Gasteiger partial charge in [0, 0.05) is 12.0 Å². The normalized spacial score (nSPS) is 15.9. The number of carbonyl (C=O) groups excluding carboxylic acids is 1. The van der Waals surface area contributed by atoms with E-state index in [1.165, 1.54) is 94.0 Å². The average Bonchev–Trinajstić information content (AvgIpc) is 0.774. The first-order valence-corrected chi connectivity index (χ1v) is 37.7. The fourth-order valence-electron chi connectivity index (χ4n) is 10.7. The van der Waals surface area contributed by atoms with E-state index in [0.717, 1.165) is 152 Å². The molecule has 0 aliphatic carbocycles. The highest BCUT2D eigenvalue weighted by Gasteiger charge is 2.33. The number of ether oxygens (including phenoxy) is 12. The molecule has 0 bridgehead atoms. The van der Waals surface area contributed by atoms with Gasteiger partial charge < -0.3 is 61.3 Å². The zero-order valence-electron chi connectivity index (χ0n) is 66.5. The van der Waals surface area contributed by atoms with E-state index in [-0.39, 0.29) is 30.0 Å². The predicted octanol–water partition coefficient (Wildman–Crippen LogP) is 22.6. The minimum Gasteiger partial charge on any atom is -0.498 e. The third-order valence-electron chi connectivity index (χ3n) is 18.3. The smallest absolute Gasteiger partial charge is 0.168 e. The number of likely N-dealkylation sites (N-methyl/N-ethyl adjacent to an activating group) is 1. The Kier molecular flexibility index (Phi) is 45.9. The number of hydrogen-bond donors (Lipinski definition) is 0. The fourth-order valence-corrected chi connectivity index (χ4v) is 10.7. The van der Waals surface area contributed by atoms with Crippen molar-refractivity contribution in [3.05, 3.63) is 156 Å². The molecule has 14 nitrogen and oxygen atoms in total. The maximum absolute atomic E-state index is 10.6. The Morgan fingerprint density at radius 2 is 1.15 bits per heavy atom. The second kappa shape index (κ2) is 51.4. The minimum atomic E-state index is -0.0756. The molecule has 5 unspecified atom stereocenters. The molecule has 0 radical (unpaired) electrons. The lowest BCUT2D eigenvalue weighted by Gasteiger charge is -2.37. The number of hydrogen-bond acceptors (Lipinski definition) is 13. The van der Waals surface area contributed by atoms with Crippen molar-refractivity contribution in [3.8, 4) is 34.5 Å². The number of aldehydes is 1. The van der Waals surface area contributed by atoms with Gasteiger partial charge in [-0.05, 0) is 221 Å². The molecule has 14 heteroatoms. The molecule has 0 saturated carbocycles. The predicted molar refractivity (Wildman–Crippen MR) is 413 cm³/mol. The maximum Gasteiger partial charge on any atom is 0.168 e. The summed E-state index contributed by atoms with van der Waals surface area (Å²) in [6, 6.07) is 24.9. The van der Waals surface area contributed by atoms with Gasteiger partial charge in [-0.2, -0.15) is 0 Å². The Morgan fingerprint density at radius 3 is 1.73 bits per heavy atom. The van der Waals surface area contributed by atoms with E-state index < -0.39 is 0 Å². The van der Waals surface area contributed by atoms with Gasteiger partial charge in [-0.1, -0.05) is 131 Å². The van der Waals surface area contributed by atoms with E-state index in [4.69, 9.17) is 56.8 Å². The van der Waals surface area contributed by atoms with Crippen molar-refractivity contribution < 1.29 is 66.1 Å². The van der Waals surface area contributed by atoms with Crippen molar-refractivity contribution in [3.63, 3.8) is 0 Å². The number of allylic oxidation sites excluding steroid dienone is 2. The van der Waals surface area contributed by atoms with Gasteiger partial charge in [0.05, 0.1) is 79.1 Å². The van der Waals surface area contributed by atoms with E-state index in [9.17, 15) is 4.79 Å². The Morgan fingerprint density at radius 1 is 0.570 bits per heavy atom. The van der Waals surface area contributed by atoms with Gasteiger partial charge >= 0.3 is 0 Å². The highest BCUT2D eigenvalue weighted by Crippen LogP contribution is 2.43. The Hall–Kier alpha value is -6.77. The van der Waals surface area contributed by atoms with Crippen LogP contribution in [0.5, 0.6) is 34.5 Å². The third kappa shape index (κ3) is 40.0. The third-order valence-corrected chi connectivity index (χ3v) is 18.3. The molecule has 0 aromatic heterocycles. The molecule has 0 saturated heterocycles. The van der Waals surface area contributed by atoms with Crippen LogP contribution in [0, 0.1) is 31.6 Å². The van der Waals surface area contributed by atoms with Crippen LogP contribution in [-0.4, -0.2) is 102 Å². The summed E-state index contributed by atoms with van der Waals surface area (Å²) < 4.78 is 68.7. The molecule has 4 aromatic carbocycles. The fraction of sp³-hybridized carbons (Fsp3) is 0.616. The first-order valence-electron chi connectivity index (χ1n) is 37.7. The molecular formula is C86H138NO13+. The molecule has 1 aliphatic heterocycles. The molecule has 564 valence electrons. The van der Waals surface area contributed by atoms with Crippen molar-refractivity contribution in [2.45, 2.75) is 276 Å². The number of benzene rings is 4. The van der Waals surface area contributed by atoms with Crippen LogP contribution in [-0.2, 0) is 41.3 Å². The summed E-state index contributed by atoms with van der Waals surface area (Å²) in [6.45, 7) is 39.4. The highest BCUT2D eigenvalue weighted by atomic mass is 16.5. The van der Waals surface area contributed by atoms with Gasteiger partial charge in [-0.3, -0.25) is 4.79 Å². The van der Waals surface area contributed by atoms with Crippen molar-refractivity contribution in [1.82, 2.24) is 0 Å². The summed E-state index contributed by atoms with van der Waals surface area (Å²) in [5.41, 5.74) is 5.38. The number of quaternary nitrogens is 1. The van der Waals surface area contributed by atoms with E-state index >= 15 is 0 Å². The second-order valence-corrected chi connectivity index (χ2v) is 28.9. The monoisotopic (exact) mass is 1390 g/mol. The molecule has 1 heterocycles. The Labute approximate surface area is 608 Å². The summed E-state index contributed by atoms with van der Waals surface area (Å²) in [5, 5.41) is 0. The van der Waals surface area contributed by atoms with Crippen LogP contribution >= 0.6 is 0 Å². The van der Waals surface area contributed by atoms with Crippen molar-refractivity contribution >= 4 is 6.29 Å². The average molecular weight is 1390 g/mol. The van der Waals surface area contributed by atoms with Crippen LogP contribution in [0.4, 0.5) is 0 Å². The van der Waals surface area contributed by atoms with Crippen LogP contribution in [0.1, 0.15) is 246 Å². The molecule has 1 aliphatic rings.